The lowest BCUT2D eigenvalue weighted by molar-refractivity contribution is 0.235. The summed E-state index contributed by atoms with van der Waals surface area (Å²) in [6.45, 7) is 0.957. The molecule has 1 fully saturated rings. The van der Waals surface area contributed by atoms with Crippen molar-refractivity contribution >= 4 is 11.6 Å². The number of ether oxygens (including phenoxy) is 1. The van der Waals surface area contributed by atoms with Gasteiger partial charge in [0.1, 0.15) is 5.75 Å². The monoisotopic (exact) mass is 250 g/mol. The summed E-state index contributed by atoms with van der Waals surface area (Å²) in [7, 11) is 0. The maximum atomic E-state index is 8.74. The van der Waals surface area contributed by atoms with E-state index in [-0.39, 0.29) is 5.41 Å². The molecule has 0 radical (unpaired) electrons. The summed E-state index contributed by atoms with van der Waals surface area (Å²) in [5.41, 5.74) is 6.61. The van der Waals surface area contributed by atoms with Crippen LogP contribution in [-0.4, -0.2) is 6.61 Å². The number of halogens is 1. The van der Waals surface area contributed by atoms with Crippen molar-refractivity contribution in [3.63, 3.8) is 0 Å². The third-order valence-electron chi connectivity index (χ3n) is 3.20. The first-order valence-electron chi connectivity index (χ1n) is 5.68. The van der Waals surface area contributed by atoms with Crippen LogP contribution < -0.4 is 10.5 Å². The van der Waals surface area contributed by atoms with Gasteiger partial charge in [-0.15, -0.1) is 0 Å². The second-order valence-corrected chi connectivity index (χ2v) is 4.96. The van der Waals surface area contributed by atoms with Crippen LogP contribution in [0.4, 0.5) is 0 Å². The van der Waals surface area contributed by atoms with Crippen molar-refractivity contribution in [3.8, 4) is 11.8 Å². The Morgan fingerprint density at radius 2 is 2.24 bits per heavy atom. The molecule has 4 heteroatoms. The van der Waals surface area contributed by atoms with Gasteiger partial charge in [-0.3, -0.25) is 0 Å². The lowest BCUT2D eigenvalue weighted by Gasteiger charge is -2.16. The second-order valence-electron chi connectivity index (χ2n) is 4.56. The molecule has 90 valence electrons. The molecule has 0 aliphatic heterocycles. The minimum Gasteiger partial charge on any atom is -0.491 e. The minimum absolute atomic E-state index is 0.0553. The van der Waals surface area contributed by atoms with Gasteiger partial charge in [-0.2, -0.15) is 5.26 Å². The fraction of sp³-hybridized carbons (Fsp3) is 0.462. The van der Waals surface area contributed by atoms with E-state index >= 15 is 0 Å². The summed E-state index contributed by atoms with van der Waals surface area (Å²) in [5, 5.41) is 9.33. The van der Waals surface area contributed by atoms with Gasteiger partial charge in [-0.25, -0.2) is 0 Å². The maximum Gasteiger partial charge on any atom is 0.142 e. The SMILES string of the molecule is N#CCC1(COc2c(Cl)cccc2CN)CC1. The topological polar surface area (TPSA) is 59.0 Å². The molecule has 0 heterocycles. The first-order chi connectivity index (χ1) is 8.21. The van der Waals surface area contributed by atoms with Crippen LogP contribution in [0.25, 0.3) is 0 Å². The van der Waals surface area contributed by atoms with Gasteiger partial charge in [0.2, 0.25) is 0 Å². The number of hydrogen-bond acceptors (Lipinski definition) is 3. The van der Waals surface area contributed by atoms with E-state index in [1.807, 2.05) is 12.1 Å². The lowest BCUT2D eigenvalue weighted by Crippen LogP contribution is -2.14. The Kier molecular flexibility index (Phi) is 3.56. The Hall–Kier alpha value is -1.24. The lowest BCUT2D eigenvalue weighted by atomic mass is 10.1. The Balaban J connectivity index is 2.07. The molecule has 1 aliphatic carbocycles. The summed E-state index contributed by atoms with van der Waals surface area (Å²) in [6.07, 6.45) is 2.67. The van der Waals surface area contributed by atoms with E-state index in [0.29, 0.717) is 30.3 Å². The first-order valence-corrected chi connectivity index (χ1v) is 6.06. The van der Waals surface area contributed by atoms with Crippen molar-refractivity contribution in [2.24, 2.45) is 11.1 Å². The van der Waals surface area contributed by atoms with E-state index in [1.165, 1.54) is 0 Å². The molecule has 0 saturated heterocycles. The molecule has 1 aliphatic rings. The molecule has 17 heavy (non-hydrogen) atoms. The highest BCUT2D eigenvalue weighted by molar-refractivity contribution is 6.32. The Morgan fingerprint density at radius 1 is 1.47 bits per heavy atom. The summed E-state index contributed by atoms with van der Waals surface area (Å²) >= 11 is 6.09. The van der Waals surface area contributed by atoms with Gasteiger partial charge in [0.05, 0.1) is 17.7 Å². The molecule has 2 rings (SSSR count). The molecule has 2 N–H and O–H groups in total. The van der Waals surface area contributed by atoms with Crippen molar-refractivity contribution < 1.29 is 4.74 Å². The van der Waals surface area contributed by atoms with Gasteiger partial charge in [-0.05, 0) is 18.9 Å². The Morgan fingerprint density at radius 3 is 2.82 bits per heavy atom. The van der Waals surface area contributed by atoms with Crippen LogP contribution in [0.5, 0.6) is 5.75 Å². The largest absolute Gasteiger partial charge is 0.491 e. The number of nitriles is 1. The number of nitrogens with two attached hydrogens (primary N) is 1. The average Bonchev–Trinajstić information content (AvgIpc) is 3.08. The minimum atomic E-state index is 0.0553. The third kappa shape index (κ3) is 2.71. The Labute approximate surface area is 106 Å². The first kappa shape index (κ1) is 12.2. The summed E-state index contributed by atoms with van der Waals surface area (Å²) < 4.78 is 5.78. The third-order valence-corrected chi connectivity index (χ3v) is 3.50. The number of nitrogens with zero attached hydrogens (tertiary/aromatic N) is 1. The average molecular weight is 251 g/mol. The van der Waals surface area contributed by atoms with E-state index in [0.717, 1.165) is 18.4 Å². The molecule has 0 unspecified atom stereocenters. The Bertz CT molecular complexity index is 449. The molecule has 1 saturated carbocycles. The molecular formula is C13H15ClN2O. The van der Waals surface area contributed by atoms with E-state index in [4.69, 9.17) is 27.3 Å². The van der Waals surface area contributed by atoms with Crippen LogP contribution in [0.15, 0.2) is 18.2 Å². The molecule has 3 nitrogen and oxygen atoms in total. The summed E-state index contributed by atoms with van der Waals surface area (Å²) in [6, 6.07) is 7.77. The van der Waals surface area contributed by atoms with Crippen LogP contribution in [0.1, 0.15) is 24.8 Å². The normalized spacial score (nSPS) is 16.3. The van der Waals surface area contributed by atoms with Crippen LogP contribution >= 0.6 is 11.6 Å². The highest BCUT2D eigenvalue weighted by atomic mass is 35.5. The highest BCUT2D eigenvalue weighted by Gasteiger charge is 2.43. The van der Waals surface area contributed by atoms with Crippen molar-refractivity contribution in [3.05, 3.63) is 28.8 Å². The predicted octanol–water partition coefficient (Wildman–Crippen LogP) is 2.87. The number of hydrogen-bond donors (Lipinski definition) is 1. The fourth-order valence-corrected chi connectivity index (χ4v) is 2.07. The molecule has 1 aromatic carbocycles. The van der Waals surface area contributed by atoms with Crippen molar-refractivity contribution in [2.75, 3.05) is 6.61 Å². The standard InChI is InChI=1S/C13H15ClN2O/c14-11-3-1-2-10(8-16)12(11)17-9-13(4-5-13)6-7-15/h1-3H,4-6,8-9,16H2. The van der Waals surface area contributed by atoms with Crippen LogP contribution in [0, 0.1) is 16.7 Å². The van der Waals surface area contributed by atoms with E-state index in [1.54, 1.807) is 6.07 Å². The second kappa shape index (κ2) is 4.95. The number of benzene rings is 1. The van der Waals surface area contributed by atoms with Gasteiger partial charge < -0.3 is 10.5 Å². The van der Waals surface area contributed by atoms with Gasteiger partial charge >= 0.3 is 0 Å². The van der Waals surface area contributed by atoms with Gasteiger partial charge in [0.25, 0.3) is 0 Å². The molecular weight excluding hydrogens is 236 g/mol. The van der Waals surface area contributed by atoms with E-state index in [2.05, 4.69) is 6.07 Å². The van der Waals surface area contributed by atoms with Crippen LogP contribution in [0.3, 0.4) is 0 Å². The van der Waals surface area contributed by atoms with Gasteiger partial charge in [0, 0.05) is 23.9 Å². The zero-order valence-corrected chi connectivity index (χ0v) is 10.3. The molecule has 0 spiro atoms. The molecule has 0 amide bonds. The van der Waals surface area contributed by atoms with Gasteiger partial charge in [-0.1, -0.05) is 23.7 Å². The molecule has 1 aromatic rings. The molecule has 0 aromatic heterocycles. The van der Waals surface area contributed by atoms with E-state index < -0.39 is 0 Å². The summed E-state index contributed by atoms with van der Waals surface area (Å²) in [4.78, 5) is 0. The number of rotatable bonds is 5. The quantitative estimate of drug-likeness (QED) is 0.874. The van der Waals surface area contributed by atoms with Crippen molar-refractivity contribution in [1.29, 1.82) is 5.26 Å². The molecule has 0 bridgehead atoms. The zero-order valence-electron chi connectivity index (χ0n) is 9.58. The summed E-state index contributed by atoms with van der Waals surface area (Å²) in [5.74, 6) is 0.667. The highest BCUT2D eigenvalue weighted by Crippen LogP contribution is 2.49. The fourth-order valence-electron chi connectivity index (χ4n) is 1.82. The van der Waals surface area contributed by atoms with Crippen molar-refractivity contribution in [2.45, 2.75) is 25.8 Å². The van der Waals surface area contributed by atoms with Crippen LogP contribution in [-0.2, 0) is 6.54 Å². The number of para-hydroxylation sites is 1. The maximum absolute atomic E-state index is 8.74. The van der Waals surface area contributed by atoms with Crippen molar-refractivity contribution in [1.82, 2.24) is 0 Å². The zero-order chi connectivity index (χ0) is 12.3. The molecule has 0 atom stereocenters. The van der Waals surface area contributed by atoms with Gasteiger partial charge in [0.15, 0.2) is 0 Å². The smallest absolute Gasteiger partial charge is 0.142 e. The van der Waals surface area contributed by atoms with Crippen LogP contribution in [0.2, 0.25) is 5.02 Å². The predicted molar refractivity (Wildman–Crippen MR) is 66.7 cm³/mol. The van der Waals surface area contributed by atoms with E-state index in [9.17, 15) is 0 Å².